The van der Waals surface area contributed by atoms with Gasteiger partial charge in [0, 0.05) is 11.8 Å². The Morgan fingerprint density at radius 1 is 0.774 bits per heavy atom. The van der Waals surface area contributed by atoms with Crippen molar-refractivity contribution in [3.05, 3.63) is 48.2 Å². The SMILES string of the molecule is CCCCCCCOc1ccc(-c2ccc(CCCC(F)CCCCCC)cn2)cc1. The fourth-order valence-electron chi connectivity index (χ4n) is 3.83. The number of benzene rings is 1. The average molecular weight is 428 g/mol. The Balaban J connectivity index is 1.68. The van der Waals surface area contributed by atoms with Gasteiger partial charge in [-0.3, -0.25) is 4.98 Å². The predicted molar refractivity (Wildman–Crippen MR) is 131 cm³/mol. The minimum Gasteiger partial charge on any atom is -0.494 e. The third-order valence-electron chi connectivity index (χ3n) is 5.85. The Hall–Kier alpha value is -1.90. The quantitative estimate of drug-likeness (QED) is 0.235. The van der Waals surface area contributed by atoms with E-state index in [1.54, 1.807) is 0 Å². The largest absolute Gasteiger partial charge is 0.494 e. The standard InChI is InChI=1S/C28H42FNO/c1-3-5-7-9-11-22-31-27-19-17-25(18-20-27)28-21-16-24(23-30-28)13-12-15-26(29)14-10-8-6-4-2/h16-21,23,26H,3-15,22H2,1-2H3. The molecule has 31 heavy (non-hydrogen) atoms. The van der Waals surface area contributed by atoms with E-state index >= 15 is 0 Å². The van der Waals surface area contributed by atoms with Crippen molar-refractivity contribution in [3.8, 4) is 17.0 Å². The number of nitrogens with zero attached hydrogens (tertiary/aromatic N) is 1. The van der Waals surface area contributed by atoms with Crippen molar-refractivity contribution in [1.29, 1.82) is 0 Å². The molecule has 0 spiro atoms. The Bertz CT molecular complexity index is 683. The van der Waals surface area contributed by atoms with E-state index in [1.807, 2.05) is 18.3 Å². The molecule has 2 aromatic rings. The molecule has 0 aliphatic carbocycles. The molecule has 1 aromatic heterocycles. The van der Waals surface area contributed by atoms with Gasteiger partial charge in [0.25, 0.3) is 0 Å². The summed E-state index contributed by atoms with van der Waals surface area (Å²) in [7, 11) is 0. The maximum absolute atomic E-state index is 14.0. The number of unbranched alkanes of at least 4 members (excludes halogenated alkanes) is 7. The molecule has 1 unspecified atom stereocenters. The van der Waals surface area contributed by atoms with Gasteiger partial charge in [-0.05, 0) is 68.0 Å². The van der Waals surface area contributed by atoms with Crippen LogP contribution >= 0.6 is 0 Å². The van der Waals surface area contributed by atoms with Crippen LogP contribution < -0.4 is 4.74 Å². The topological polar surface area (TPSA) is 22.1 Å². The molecule has 172 valence electrons. The van der Waals surface area contributed by atoms with Crippen LogP contribution in [0.25, 0.3) is 11.3 Å². The molecule has 1 aromatic carbocycles. The van der Waals surface area contributed by atoms with Crippen LogP contribution in [0.1, 0.15) is 96.5 Å². The van der Waals surface area contributed by atoms with Crippen LogP contribution in [-0.2, 0) is 6.42 Å². The van der Waals surface area contributed by atoms with Gasteiger partial charge < -0.3 is 4.74 Å². The number of rotatable bonds is 17. The maximum atomic E-state index is 14.0. The number of hydrogen-bond acceptors (Lipinski definition) is 2. The molecule has 1 atom stereocenters. The van der Waals surface area contributed by atoms with Gasteiger partial charge in [0.2, 0.25) is 0 Å². The summed E-state index contributed by atoms with van der Waals surface area (Å²) in [6, 6.07) is 12.4. The molecule has 0 bridgehead atoms. The van der Waals surface area contributed by atoms with Crippen molar-refractivity contribution in [2.75, 3.05) is 6.61 Å². The molecule has 0 fully saturated rings. The minimum absolute atomic E-state index is 0.652. The molecule has 0 N–H and O–H groups in total. The Morgan fingerprint density at radius 2 is 1.45 bits per heavy atom. The summed E-state index contributed by atoms with van der Waals surface area (Å²) in [6.45, 7) is 5.21. The van der Waals surface area contributed by atoms with Crippen LogP contribution in [0.4, 0.5) is 4.39 Å². The first-order valence-electron chi connectivity index (χ1n) is 12.5. The highest BCUT2D eigenvalue weighted by atomic mass is 19.1. The van der Waals surface area contributed by atoms with Gasteiger partial charge in [0.05, 0.1) is 12.3 Å². The van der Waals surface area contributed by atoms with E-state index in [0.29, 0.717) is 6.42 Å². The van der Waals surface area contributed by atoms with Gasteiger partial charge in [-0.15, -0.1) is 0 Å². The van der Waals surface area contributed by atoms with E-state index in [1.165, 1.54) is 44.1 Å². The highest BCUT2D eigenvalue weighted by Crippen LogP contribution is 2.22. The number of hydrogen-bond donors (Lipinski definition) is 0. The van der Waals surface area contributed by atoms with Crippen molar-refractivity contribution >= 4 is 0 Å². The fraction of sp³-hybridized carbons (Fsp3) is 0.607. The van der Waals surface area contributed by atoms with Crippen LogP contribution in [0.5, 0.6) is 5.75 Å². The number of alkyl halides is 1. The first-order chi connectivity index (χ1) is 15.2. The zero-order chi connectivity index (χ0) is 22.2. The molecule has 0 saturated carbocycles. The van der Waals surface area contributed by atoms with Gasteiger partial charge in [0.1, 0.15) is 11.9 Å². The summed E-state index contributed by atoms with van der Waals surface area (Å²) in [5.41, 5.74) is 3.25. The van der Waals surface area contributed by atoms with Crippen LogP contribution in [0.15, 0.2) is 42.6 Å². The second-order valence-corrected chi connectivity index (χ2v) is 8.68. The maximum Gasteiger partial charge on any atom is 0.119 e. The number of pyridine rings is 1. The fourth-order valence-corrected chi connectivity index (χ4v) is 3.83. The van der Waals surface area contributed by atoms with Crippen molar-refractivity contribution in [3.63, 3.8) is 0 Å². The zero-order valence-corrected chi connectivity index (χ0v) is 19.8. The smallest absolute Gasteiger partial charge is 0.119 e. The average Bonchev–Trinajstić information content (AvgIpc) is 2.80. The molecule has 2 rings (SSSR count). The van der Waals surface area contributed by atoms with Gasteiger partial charge in [0.15, 0.2) is 0 Å². The van der Waals surface area contributed by atoms with Crippen molar-refractivity contribution in [2.45, 2.75) is 103 Å². The monoisotopic (exact) mass is 427 g/mol. The van der Waals surface area contributed by atoms with Crippen molar-refractivity contribution in [2.24, 2.45) is 0 Å². The number of halogens is 1. The van der Waals surface area contributed by atoms with Crippen LogP contribution in [0.2, 0.25) is 0 Å². The lowest BCUT2D eigenvalue weighted by atomic mass is 10.0. The third kappa shape index (κ3) is 10.8. The lowest BCUT2D eigenvalue weighted by Crippen LogP contribution is -2.01. The van der Waals surface area contributed by atoms with Crippen LogP contribution in [0.3, 0.4) is 0 Å². The summed E-state index contributed by atoms with van der Waals surface area (Å²) in [6.07, 6.45) is 15.3. The molecule has 0 amide bonds. The number of ether oxygens (including phenoxy) is 1. The second-order valence-electron chi connectivity index (χ2n) is 8.68. The molecule has 0 saturated heterocycles. The normalized spacial score (nSPS) is 12.1. The van der Waals surface area contributed by atoms with E-state index in [0.717, 1.165) is 62.1 Å². The van der Waals surface area contributed by atoms with Gasteiger partial charge in [-0.1, -0.05) is 71.3 Å². The zero-order valence-electron chi connectivity index (χ0n) is 19.8. The van der Waals surface area contributed by atoms with Gasteiger partial charge >= 0.3 is 0 Å². The summed E-state index contributed by atoms with van der Waals surface area (Å²) in [5.74, 6) is 0.923. The van der Waals surface area contributed by atoms with E-state index in [-0.39, 0.29) is 0 Å². The van der Waals surface area contributed by atoms with E-state index in [9.17, 15) is 4.39 Å². The van der Waals surface area contributed by atoms with Gasteiger partial charge in [-0.2, -0.15) is 0 Å². The van der Waals surface area contributed by atoms with E-state index < -0.39 is 6.17 Å². The predicted octanol–water partition coefficient (Wildman–Crippen LogP) is 8.73. The highest BCUT2D eigenvalue weighted by Gasteiger charge is 2.07. The molecule has 3 heteroatoms. The molecule has 0 aliphatic rings. The Kier molecular flexibility index (Phi) is 13.0. The molecule has 0 radical (unpaired) electrons. The van der Waals surface area contributed by atoms with E-state index in [2.05, 4.69) is 43.1 Å². The lowest BCUT2D eigenvalue weighted by molar-refractivity contribution is 0.282. The third-order valence-corrected chi connectivity index (χ3v) is 5.85. The van der Waals surface area contributed by atoms with Crippen LogP contribution in [0, 0.1) is 0 Å². The summed E-state index contributed by atoms with van der Waals surface area (Å²) in [5, 5.41) is 0. The molecular formula is C28H42FNO. The number of aryl methyl sites for hydroxylation is 1. The summed E-state index contributed by atoms with van der Waals surface area (Å²) in [4.78, 5) is 4.62. The van der Waals surface area contributed by atoms with Crippen molar-refractivity contribution in [1.82, 2.24) is 4.98 Å². The molecule has 2 nitrogen and oxygen atoms in total. The first-order valence-corrected chi connectivity index (χ1v) is 12.5. The Labute approximate surface area is 189 Å². The van der Waals surface area contributed by atoms with Crippen molar-refractivity contribution < 1.29 is 9.13 Å². The summed E-state index contributed by atoms with van der Waals surface area (Å²) < 4.78 is 19.8. The molecule has 1 heterocycles. The van der Waals surface area contributed by atoms with Crippen LogP contribution in [-0.4, -0.2) is 17.8 Å². The van der Waals surface area contributed by atoms with Gasteiger partial charge in [-0.25, -0.2) is 4.39 Å². The lowest BCUT2D eigenvalue weighted by Gasteiger charge is -2.09. The molecule has 0 aliphatic heterocycles. The first kappa shape index (κ1) is 25.4. The highest BCUT2D eigenvalue weighted by molar-refractivity contribution is 5.60. The second kappa shape index (κ2) is 15.8. The Morgan fingerprint density at radius 3 is 2.13 bits per heavy atom. The number of aromatic nitrogens is 1. The minimum atomic E-state index is -0.652. The molecular weight excluding hydrogens is 385 g/mol. The summed E-state index contributed by atoms with van der Waals surface area (Å²) >= 11 is 0. The van der Waals surface area contributed by atoms with E-state index in [4.69, 9.17) is 4.74 Å².